The second-order valence-corrected chi connectivity index (χ2v) is 3.60. The van der Waals surface area contributed by atoms with Crippen molar-refractivity contribution in [1.82, 2.24) is 0 Å². The predicted octanol–water partition coefficient (Wildman–Crippen LogP) is 1.47. The molecule has 0 radical (unpaired) electrons. The molecule has 0 saturated heterocycles. The lowest BCUT2D eigenvalue weighted by molar-refractivity contribution is -0.139. The molecule has 0 saturated carbocycles. The Morgan fingerprint density at radius 3 is 2.21 bits per heavy atom. The zero-order valence-corrected chi connectivity index (χ0v) is 9.91. The first kappa shape index (κ1) is 14.4. The van der Waals surface area contributed by atoms with Gasteiger partial charge in [0.1, 0.15) is 5.75 Å². The smallest absolute Gasteiger partial charge is 0.339 e. The minimum atomic E-state index is -1.23. The summed E-state index contributed by atoms with van der Waals surface area (Å²) in [4.78, 5) is 32.8. The van der Waals surface area contributed by atoms with Gasteiger partial charge in [-0.3, -0.25) is 9.59 Å². The lowest BCUT2D eigenvalue weighted by Crippen LogP contribution is -2.14. The van der Waals surface area contributed by atoms with Gasteiger partial charge >= 0.3 is 17.9 Å². The molecule has 1 aromatic carbocycles. The standard InChI is InChI=1S/C13H12O6/c14-11(15)7-6-9(8-12(16)17)13(18)19-10-4-2-1-3-5-10/h1-6H,7-8H2,(H,14,15)(H,16,17). The summed E-state index contributed by atoms with van der Waals surface area (Å²) in [5.41, 5.74) is -0.196. The van der Waals surface area contributed by atoms with E-state index in [9.17, 15) is 14.4 Å². The fraction of sp³-hybridized carbons (Fsp3) is 0.154. The molecule has 0 aromatic heterocycles. The predicted molar refractivity (Wildman–Crippen MR) is 64.7 cm³/mol. The van der Waals surface area contributed by atoms with E-state index in [2.05, 4.69) is 0 Å². The third kappa shape index (κ3) is 5.49. The van der Waals surface area contributed by atoms with Crippen LogP contribution in [0.4, 0.5) is 0 Å². The van der Waals surface area contributed by atoms with Gasteiger partial charge in [-0.1, -0.05) is 24.3 Å². The lowest BCUT2D eigenvalue weighted by atomic mass is 10.1. The molecule has 0 unspecified atom stereocenters. The van der Waals surface area contributed by atoms with Crippen LogP contribution in [-0.4, -0.2) is 28.1 Å². The number of para-hydroxylation sites is 1. The third-order valence-corrected chi connectivity index (χ3v) is 2.08. The van der Waals surface area contributed by atoms with Crippen molar-refractivity contribution in [3.63, 3.8) is 0 Å². The summed E-state index contributed by atoms with van der Waals surface area (Å²) in [6.07, 6.45) is 0.0210. The molecular formula is C13H12O6. The van der Waals surface area contributed by atoms with Crippen LogP contribution in [0.1, 0.15) is 12.8 Å². The van der Waals surface area contributed by atoms with E-state index in [1.165, 1.54) is 12.1 Å². The largest absolute Gasteiger partial charge is 0.481 e. The molecule has 0 spiro atoms. The van der Waals surface area contributed by atoms with Gasteiger partial charge < -0.3 is 14.9 Å². The summed E-state index contributed by atoms with van der Waals surface area (Å²) in [6.45, 7) is 0. The van der Waals surface area contributed by atoms with Gasteiger partial charge in [-0.15, -0.1) is 0 Å². The maximum atomic E-state index is 11.7. The van der Waals surface area contributed by atoms with Crippen LogP contribution in [0.25, 0.3) is 0 Å². The van der Waals surface area contributed by atoms with Crippen molar-refractivity contribution in [2.24, 2.45) is 0 Å². The molecule has 6 nitrogen and oxygen atoms in total. The molecule has 6 heteroatoms. The molecule has 0 aliphatic carbocycles. The highest BCUT2D eigenvalue weighted by atomic mass is 16.5. The van der Waals surface area contributed by atoms with Crippen molar-refractivity contribution >= 4 is 17.9 Å². The summed E-state index contributed by atoms with van der Waals surface area (Å²) < 4.78 is 4.95. The Morgan fingerprint density at radius 2 is 1.68 bits per heavy atom. The Hall–Kier alpha value is -2.63. The molecule has 1 rings (SSSR count). The summed E-state index contributed by atoms with van der Waals surface area (Å²) >= 11 is 0. The van der Waals surface area contributed by atoms with Crippen LogP contribution in [0.5, 0.6) is 5.75 Å². The van der Waals surface area contributed by atoms with E-state index in [0.717, 1.165) is 6.08 Å². The Bertz CT molecular complexity index is 503. The fourth-order valence-corrected chi connectivity index (χ4v) is 1.26. The quantitative estimate of drug-likeness (QED) is 0.458. The van der Waals surface area contributed by atoms with Gasteiger partial charge in [0.15, 0.2) is 0 Å². The second kappa shape index (κ2) is 6.95. The van der Waals surface area contributed by atoms with E-state index >= 15 is 0 Å². The molecule has 19 heavy (non-hydrogen) atoms. The van der Waals surface area contributed by atoms with Crippen LogP contribution in [0.3, 0.4) is 0 Å². The average molecular weight is 264 g/mol. The van der Waals surface area contributed by atoms with E-state index in [4.69, 9.17) is 14.9 Å². The molecule has 0 fully saturated rings. The van der Waals surface area contributed by atoms with Gasteiger partial charge in [0.05, 0.1) is 12.8 Å². The molecule has 0 amide bonds. The first-order chi connectivity index (χ1) is 8.99. The Labute approximate surface area is 108 Å². The molecule has 1 aromatic rings. The number of rotatable bonds is 6. The lowest BCUT2D eigenvalue weighted by Gasteiger charge is -2.06. The Kier molecular flexibility index (Phi) is 5.28. The molecule has 0 aliphatic heterocycles. The Morgan fingerprint density at radius 1 is 1.05 bits per heavy atom. The second-order valence-electron chi connectivity index (χ2n) is 3.60. The maximum Gasteiger partial charge on any atom is 0.339 e. The van der Waals surface area contributed by atoms with Gasteiger partial charge in [0.25, 0.3) is 0 Å². The van der Waals surface area contributed by atoms with Crippen LogP contribution >= 0.6 is 0 Å². The number of ether oxygens (including phenoxy) is 1. The number of carboxylic acids is 2. The van der Waals surface area contributed by atoms with Crippen LogP contribution < -0.4 is 4.74 Å². The molecule has 0 heterocycles. The molecule has 0 bridgehead atoms. The van der Waals surface area contributed by atoms with Gasteiger partial charge in [0, 0.05) is 5.57 Å². The van der Waals surface area contributed by atoms with Crippen LogP contribution in [0, 0.1) is 0 Å². The normalized spacial score (nSPS) is 10.8. The number of hydrogen-bond acceptors (Lipinski definition) is 4. The van der Waals surface area contributed by atoms with E-state index in [1.54, 1.807) is 18.2 Å². The highest BCUT2D eigenvalue weighted by Crippen LogP contribution is 2.13. The molecular weight excluding hydrogens is 252 g/mol. The monoisotopic (exact) mass is 264 g/mol. The van der Waals surface area contributed by atoms with E-state index in [1.807, 2.05) is 0 Å². The number of carbonyl (C=O) groups excluding carboxylic acids is 1. The Balaban J connectivity index is 2.79. The minimum Gasteiger partial charge on any atom is -0.481 e. The maximum absolute atomic E-state index is 11.7. The zero-order valence-electron chi connectivity index (χ0n) is 9.91. The van der Waals surface area contributed by atoms with Crippen molar-refractivity contribution in [2.75, 3.05) is 0 Å². The fourth-order valence-electron chi connectivity index (χ4n) is 1.26. The van der Waals surface area contributed by atoms with Crippen molar-refractivity contribution < 1.29 is 29.3 Å². The number of aliphatic carboxylic acids is 2. The molecule has 0 aliphatic rings. The minimum absolute atomic E-state index is 0.196. The van der Waals surface area contributed by atoms with Crippen LogP contribution in [0.2, 0.25) is 0 Å². The van der Waals surface area contributed by atoms with E-state index < -0.39 is 30.7 Å². The SMILES string of the molecule is O=C(O)CC=C(CC(=O)O)C(=O)Oc1ccccc1. The van der Waals surface area contributed by atoms with Gasteiger partial charge in [0.2, 0.25) is 0 Å². The van der Waals surface area contributed by atoms with Gasteiger partial charge in [-0.25, -0.2) is 4.79 Å². The third-order valence-electron chi connectivity index (χ3n) is 2.08. The van der Waals surface area contributed by atoms with E-state index in [-0.39, 0.29) is 11.3 Å². The van der Waals surface area contributed by atoms with E-state index in [0.29, 0.717) is 0 Å². The number of benzene rings is 1. The first-order valence-electron chi connectivity index (χ1n) is 5.39. The molecule has 0 atom stereocenters. The van der Waals surface area contributed by atoms with Crippen molar-refractivity contribution in [3.05, 3.63) is 42.0 Å². The van der Waals surface area contributed by atoms with Gasteiger partial charge in [-0.05, 0) is 12.1 Å². The van der Waals surface area contributed by atoms with Crippen LogP contribution in [0.15, 0.2) is 42.0 Å². The zero-order chi connectivity index (χ0) is 14.3. The number of carbonyl (C=O) groups is 3. The summed E-state index contributed by atoms with van der Waals surface area (Å²) in [5, 5.41) is 17.2. The van der Waals surface area contributed by atoms with Gasteiger partial charge in [-0.2, -0.15) is 0 Å². The number of carboxylic acid groups (broad SMARTS) is 2. The number of hydrogen-bond donors (Lipinski definition) is 2. The van der Waals surface area contributed by atoms with Crippen molar-refractivity contribution in [3.8, 4) is 5.75 Å². The molecule has 2 N–H and O–H groups in total. The summed E-state index contributed by atoms with van der Waals surface area (Å²) in [5.74, 6) is -2.99. The highest BCUT2D eigenvalue weighted by Gasteiger charge is 2.16. The summed E-state index contributed by atoms with van der Waals surface area (Å²) in [7, 11) is 0. The topological polar surface area (TPSA) is 101 Å². The average Bonchev–Trinajstić information content (AvgIpc) is 2.35. The molecule has 100 valence electrons. The number of esters is 1. The highest BCUT2D eigenvalue weighted by molar-refractivity contribution is 5.95. The van der Waals surface area contributed by atoms with Crippen LogP contribution in [-0.2, 0) is 14.4 Å². The first-order valence-corrected chi connectivity index (χ1v) is 5.39. The van der Waals surface area contributed by atoms with Crippen molar-refractivity contribution in [2.45, 2.75) is 12.8 Å². The van der Waals surface area contributed by atoms with Crippen molar-refractivity contribution in [1.29, 1.82) is 0 Å². The summed E-state index contributed by atoms with van der Waals surface area (Å²) in [6, 6.07) is 8.11.